The van der Waals surface area contributed by atoms with Gasteiger partial charge < -0.3 is 16.4 Å². The molecule has 0 saturated carbocycles. The molecule has 1 aliphatic heterocycles. The van der Waals surface area contributed by atoms with Crippen molar-refractivity contribution < 1.29 is 9.59 Å². The van der Waals surface area contributed by atoms with Gasteiger partial charge in [0.2, 0.25) is 11.8 Å². The van der Waals surface area contributed by atoms with Crippen LogP contribution in [0.25, 0.3) is 0 Å². The zero-order valence-electron chi connectivity index (χ0n) is 10.7. The van der Waals surface area contributed by atoms with E-state index >= 15 is 0 Å². The Hall–Kier alpha value is -1.10. The molecule has 1 fully saturated rings. The van der Waals surface area contributed by atoms with Gasteiger partial charge in [0.25, 0.3) is 0 Å². The summed E-state index contributed by atoms with van der Waals surface area (Å²) in [7, 11) is 0. The van der Waals surface area contributed by atoms with E-state index in [1.807, 2.05) is 13.8 Å². The van der Waals surface area contributed by atoms with Gasteiger partial charge in [0, 0.05) is 12.5 Å². The smallest absolute Gasteiger partial charge is 0.240 e. The highest BCUT2D eigenvalue weighted by molar-refractivity contribution is 5.86. The van der Waals surface area contributed by atoms with Gasteiger partial charge in [-0.25, -0.2) is 0 Å². The topological polar surface area (TPSA) is 84.2 Å². The van der Waals surface area contributed by atoms with E-state index < -0.39 is 11.9 Å². The summed E-state index contributed by atoms with van der Waals surface area (Å²) in [5.41, 5.74) is 5.24. The van der Waals surface area contributed by atoms with Gasteiger partial charge in [-0.1, -0.05) is 13.8 Å². The number of carbonyl (C=O) groups excluding carboxylic acids is 2. The van der Waals surface area contributed by atoms with Crippen LogP contribution in [0.1, 0.15) is 39.5 Å². The largest absolute Gasteiger partial charge is 0.368 e. The molecule has 2 unspecified atom stereocenters. The monoisotopic (exact) mass is 241 g/mol. The minimum atomic E-state index is -0.556. The van der Waals surface area contributed by atoms with Crippen molar-refractivity contribution in [3.05, 3.63) is 0 Å². The summed E-state index contributed by atoms with van der Waals surface area (Å²) in [6.07, 6.45) is 3.60. The Morgan fingerprint density at radius 2 is 2.18 bits per heavy atom. The molecule has 0 bridgehead atoms. The van der Waals surface area contributed by atoms with E-state index in [-0.39, 0.29) is 11.8 Å². The molecule has 4 N–H and O–H groups in total. The number of nitrogens with two attached hydrogens (primary N) is 1. The molecule has 1 aliphatic rings. The van der Waals surface area contributed by atoms with Gasteiger partial charge in [-0.2, -0.15) is 0 Å². The zero-order valence-corrected chi connectivity index (χ0v) is 10.7. The second-order valence-electron chi connectivity index (χ2n) is 5.02. The summed E-state index contributed by atoms with van der Waals surface area (Å²) in [6.45, 7) is 4.78. The Balaban J connectivity index is 2.29. The normalized spacial score (nSPS) is 21.5. The molecule has 0 aromatic rings. The van der Waals surface area contributed by atoms with Gasteiger partial charge in [0.05, 0.1) is 0 Å². The van der Waals surface area contributed by atoms with E-state index in [0.717, 1.165) is 19.4 Å². The average molecular weight is 241 g/mol. The van der Waals surface area contributed by atoms with Crippen molar-refractivity contribution in [2.75, 3.05) is 6.54 Å². The predicted octanol–water partition coefficient (Wildman–Crippen LogP) is 0.145. The molecule has 1 saturated heterocycles. The lowest BCUT2D eigenvalue weighted by molar-refractivity contribution is -0.128. The van der Waals surface area contributed by atoms with Crippen LogP contribution in [-0.4, -0.2) is 30.4 Å². The summed E-state index contributed by atoms with van der Waals surface area (Å²) in [5.74, 6) is -0.524. The minimum Gasteiger partial charge on any atom is -0.368 e. The quantitative estimate of drug-likeness (QED) is 0.618. The molecule has 1 heterocycles. The second-order valence-corrected chi connectivity index (χ2v) is 5.02. The summed E-state index contributed by atoms with van der Waals surface area (Å²) in [6, 6.07) is -0.106. The number of rotatable bonds is 6. The highest BCUT2D eigenvalue weighted by Crippen LogP contribution is 2.11. The summed E-state index contributed by atoms with van der Waals surface area (Å²) in [5, 5.41) is 6.04. The third kappa shape index (κ3) is 4.73. The Bertz CT molecular complexity index is 273. The lowest BCUT2D eigenvalue weighted by Crippen LogP contribution is -2.47. The standard InChI is InChI=1S/C12H23N3O2/c1-8(2)11(12(13)17)15-10(16)6-5-9-4-3-7-14-9/h8-9,11,14H,3-7H2,1-2H3,(H2,13,17)(H,15,16). The van der Waals surface area contributed by atoms with E-state index in [9.17, 15) is 9.59 Å². The first-order chi connectivity index (χ1) is 8.00. The van der Waals surface area contributed by atoms with Crippen molar-refractivity contribution in [3.8, 4) is 0 Å². The van der Waals surface area contributed by atoms with E-state index in [1.54, 1.807) is 0 Å². The molecule has 0 aromatic carbocycles. The van der Waals surface area contributed by atoms with Gasteiger partial charge >= 0.3 is 0 Å². The van der Waals surface area contributed by atoms with Crippen LogP contribution in [0.2, 0.25) is 0 Å². The predicted molar refractivity (Wildman–Crippen MR) is 66.2 cm³/mol. The second kappa shape index (κ2) is 6.59. The number of carbonyl (C=O) groups is 2. The van der Waals surface area contributed by atoms with Crippen LogP contribution in [0, 0.1) is 5.92 Å². The maximum absolute atomic E-state index is 11.7. The van der Waals surface area contributed by atoms with E-state index in [0.29, 0.717) is 12.5 Å². The van der Waals surface area contributed by atoms with Crippen LogP contribution in [0.15, 0.2) is 0 Å². The number of amides is 2. The Morgan fingerprint density at radius 1 is 1.47 bits per heavy atom. The van der Waals surface area contributed by atoms with Crippen molar-refractivity contribution in [3.63, 3.8) is 0 Å². The lowest BCUT2D eigenvalue weighted by atomic mass is 10.0. The fourth-order valence-electron chi connectivity index (χ4n) is 2.12. The molecular formula is C12H23N3O2. The number of hydrogen-bond donors (Lipinski definition) is 3. The molecular weight excluding hydrogens is 218 g/mol. The molecule has 2 amide bonds. The van der Waals surface area contributed by atoms with Crippen molar-refractivity contribution in [1.29, 1.82) is 0 Å². The third-order valence-electron chi connectivity index (χ3n) is 3.17. The van der Waals surface area contributed by atoms with Crippen LogP contribution in [0.5, 0.6) is 0 Å². The van der Waals surface area contributed by atoms with E-state index in [2.05, 4.69) is 10.6 Å². The summed E-state index contributed by atoms with van der Waals surface area (Å²) < 4.78 is 0. The summed E-state index contributed by atoms with van der Waals surface area (Å²) >= 11 is 0. The minimum absolute atomic E-state index is 0.0288. The molecule has 1 rings (SSSR count). The highest BCUT2D eigenvalue weighted by Gasteiger charge is 2.22. The fraction of sp³-hybridized carbons (Fsp3) is 0.833. The van der Waals surface area contributed by atoms with Gasteiger partial charge in [-0.15, -0.1) is 0 Å². The number of hydrogen-bond acceptors (Lipinski definition) is 3. The van der Waals surface area contributed by atoms with Crippen LogP contribution in [-0.2, 0) is 9.59 Å². The Labute approximate surface area is 103 Å². The maximum Gasteiger partial charge on any atom is 0.240 e. The van der Waals surface area contributed by atoms with E-state index in [4.69, 9.17) is 5.73 Å². The van der Waals surface area contributed by atoms with Crippen molar-refractivity contribution in [2.24, 2.45) is 11.7 Å². The van der Waals surface area contributed by atoms with Crippen LogP contribution in [0.4, 0.5) is 0 Å². The van der Waals surface area contributed by atoms with Gasteiger partial charge in [-0.3, -0.25) is 9.59 Å². The molecule has 0 aliphatic carbocycles. The molecule has 98 valence electrons. The number of primary amides is 1. The molecule has 0 spiro atoms. The maximum atomic E-state index is 11.7. The van der Waals surface area contributed by atoms with Gasteiger partial charge in [0.1, 0.15) is 6.04 Å². The SMILES string of the molecule is CC(C)C(NC(=O)CCC1CCCN1)C(N)=O. The van der Waals surface area contributed by atoms with Crippen LogP contribution in [0.3, 0.4) is 0 Å². The van der Waals surface area contributed by atoms with Crippen LogP contribution < -0.4 is 16.4 Å². The first-order valence-corrected chi connectivity index (χ1v) is 6.32. The molecule has 0 radical (unpaired) electrons. The molecule has 5 heteroatoms. The average Bonchev–Trinajstić information content (AvgIpc) is 2.74. The lowest BCUT2D eigenvalue weighted by Gasteiger charge is -2.19. The van der Waals surface area contributed by atoms with Crippen molar-refractivity contribution >= 4 is 11.8 Å². The number of nitrogens with one attached hydrogen (secondary N) is 2. The van der Waals surface area contributed by atoms with Crippen molar-refractivity contribution in [2.45, 2.75) is 51.6 Å². The molecule has 0 aromatic heterocycles. The zero-order chi connectivity index (χ0) is 12.8. The molecule has 17 heavy (non-hydrogen) atoms. The first-order valence-electron chi connectivity index (χ1n) is 6.32. The third-order valence-corrected chi connectivity index (χ3v) is 3.17. The Morgan fingerprint density at radius 3 is 2.65 bits per heavy atom. The highest BCUT2D eigenvalue weighted by atomic mass is 16.2. The summed E-state index contributed by atoms with van der Waals surface area (Å²) in [4.78, 5) is 22.8. The molecule has 5 nitrogen and oxygen atoms in total. The Kier molecular flexibility index (Phi) is 5.41. The van der Waals surface area contributed by atoms with Gasteiger partial charge in [-0.05, 0) is 31.7 Å². The van der Waals surface area contributed by atoms with Crippen molar-refractivity contribution in [1.82, 2.24) is 10.6 Å². The fourth-order valence-corrected chi connectivity index (χ4v) is 2.12. The first kappa shape index (κ1) is 14.0. The molecule has 2 atom stereocenters. The van der Waals surface area contributed by atoms with Gasteiger partial charge in [0.15, 0.2) is 0 Å². The van der Waals surface area contributed by atoms with Crippen LogP contribution >= 0.6 is 0 Å². The van der Waals surface area contributed by atoms with E-state index in [1.165, 1.54) is 6.42 Å².